The number of hydrogen-bond acceptors (Lipinski definition) is 6. The van der Waals surface area contributed by atoms with Gasteiger partial charge in [0.05, 0.1) is 43.0 Å². The fourth-order valence-electron chi connectivity index (χ4n) is 4.57. The number of ketones is 1. The number of Topliss-reactive ketones (excluding diaryl/α,β-unsaturated/α-hetero) is 1. The van der Waals surface area contributed by atoms with Crippen molar-refractivity contribution in [2.45, 2.75) is 32.7 Å². The topological polar surface area (TPSA) is 85.3 Å². The summed E-state index contributed by atoms with van der Waals surface area (Å²) < 4.78 is 16.4. The summed E-state index contributed by atoms with van der Waals surface area (Å²) in [5.41, 5.74) is 2.30. The van der Waals surface area contributed by atoms with Gasteiger partial charge in [-0.15, -0.1) is 0 Å². The number of carbonyl (C=O) groups is 2. The largest absolute Gasteiger partial charge is 0.507 e. The van der Waals surface area contributed by atoms with Gasteiger partial charge in [-0.3, -0.25) is 14.5 Å². The van der Waals surface area contributed by atoms with Crippen LogP contribution < -0.4 is 19.1 Å². The van der Waals surface area contributed by atoms with Crippen molar-refractivity contribution in [2.75, 3.05) is 25.7 Å². The Balaban J connectivity index is 1.96. The molecular weight excluding hydrogens is 506 g/mol. The number of rotatable bonds is 8. The first-order chi connectivity index (χ1) is 18.2. The maximum Gasteiger partial charge on any atom is 0.300 e. The van der Waals surface area contributed by atoms with Gasteiger partial charge in [-0.05, 0) is 54.3 Å². The summed E-state index contributed by atoms with van der Waals surface area (Å²) in [4.78, 5) is 28.5. The minimum atomic E-state index is -0.925. The van der Waals surface area contributed by atoms with Crippen LogP contribution in [0.3, 0.4) is 0 Å². The Bertz CT molecular complexity index is 1400. The number of nitrogens with zero attached hydrogens (tertiary/aromatic N) is 1. The minimum absolute atomic E-state index is 0.0869. The van der Waals surface area contributed by atoms with E-state index in [1.54, 1.807) is 24.3 Å². The molecule has 1 atom stereocenters. The number of aliphatic hydroxyl groups is 1. The Morgan fingerprint density at radius 1 is 1.00 bits per heavy atom. The van der Waals surface area contributed by atoms with Crippen LogP contribution in [0.2, 0.25) is 5.02 Å². The number of benzene rings is 3. The van der Waals surface area contributed by atoms with Gasteiger partial charge in [-0.1, -0.05) is 49.7 Å². The lowest BCUT2D eigenvalue weighted by Crippen LogP contribution is -2.29. The lowest BCUT2D eigenvalue weighted by atomic mass is 9.94. The number of amides is 1. The number of aliphatic hydroxyl groups excluding tert-OH is 1. The Kier molecular flexibility index (Phi) is 7.97. The Labute approximate surface area is 227 Å². The van der Waals surface area contributed by atoms with Gasteiger partial charge in [0, 0.05) is 11.8 Å². The van der Waals surface area contributed by atoms with Crippen molar-refractivity contribution in [3.8, 4) is 17.2 Å². The lowest BCUT2D eigenvalue weighted by molar-refractivity contribution is -0.132. The second-order valence-electron chi connectivity index (χ2n) is 9.11. The molecule has 3 aromatic carbocycles. The average Bonchev–Trinajstić information content (AvgIpc) is 3.18. The van der Waals surface area contributed by atoms with Crippen LogP contribution in [-0.2, 0) is 9.59 Å². The van der Waals surface area contributed by atoms with E-state index in [0.717, 1.165) is 5.56 Å². The smallest absolute Gasteiger partial charge is 0.300 e. The molecule has 38 heavy (non-hydrogen) atoms. The van der Waals surface area contributed by atoms with Gasteiger partial charge in [-0.25, -0.2) is 0 Å². The zero-order valence-electron chi connectivity index (χ0n) is 21.9. The molecule has 1 unspecified atom stereocenters. The number of hydrogen-bond donors (Lipinski definition) is 1. The molecule has 4 rings (SSSR count). The lowest BCUT2D eigenvalue weighted by Gasteiger charge is -2.26. The molecule has 0 aromatic heterocycles. The molecule has 1 aliphatic heterocycles. The molecule has 1 saturated heterocycles. The third-order valence-corrected chi connectivity index (χ3v) is 6.79. The van der Waals surface area contributed by atoms with E-state index >= 15 is 0 Å². The normalized spacial score (nSPS) is 16.7. The predicted octanol–water partition coefficient (Wildman–Crippen LogP) is 6.51. The summed E-state index contributed by atoms with van der Waals surface area (Å²) in [7, 11) is 2.89. The maximum atomic E-state index is 13.5. The highest BCUT2D eigenvalue weighted by Crippen LogP contribution is 2.45. The van der Waals surface area contributed by atoms with Crippen LogP contribution in [0.4, 0.5) is 5.69 Å². The quantitative estimate of drug-likeness (QED) is 0.201. The Morgan fingerprint density at radius 2 is 1.68 bits per heavy atom. The highest BCUT2D eigenvalue weighted by atomic mass is 35.5. The van der Waals surface area contributed by atoms with Crippen LogP contribution in [-0.4, -0.2) is 37.6 Å². The van der Waals surface area contributed by atoms with E-state index < -0.39 is 23.5 Å². The summed E-state index contributed by atoms with van der Waals surface area (Å²) in [6, 6.07) is 16.7. The van der Waals surface area contributed by atoms with Gasteiger partial charge in [0.2, 0.25) is 0 Å². The van der Waals surface area contributed by atoms with Crippen molar-refractivity contribution in [2.24, 2.45) is 0 Å². The molecule has 7 nitrogen and oxygen atoms in total. The van der Waals surface area contributed by atoms with E-state index in [1.165, 1.54) is 31.3 Å². The van der Waals surface area contributed by atoms with Crippen molar-refractivity contribution in [3.05, 3.63) is 87.9 Å². The first kappa shape index (κ1) is 27.1. The Morgan fingerprint density at radius 3 is 2.29 bits per heavy atom. The zero-order valence-corrected chi connectivity index (χ0v) is 22.7. The molecule has 8 heteroatoms. The van der Waals surface area contributed by atoms with Crippen LogP contribution in [0, 0.1) is 0 Å². The van der Waals surface area contributed by atoms with E-state index in [-0.39, 0.29) is 21.9 Å². The second-order valence-corrected chi connectivity index (χ2v) is 9.52. The standard InChI is InChI=1S/C30H30ClNO6/c1-6-38-21-9-7-8-19(14-21)27-26(28(33)22-15-23(31)25(37-5)16-24(22)36-4)29(34)30(35)32(27)20-12-10-18(11-13-20)17(2)3/h7-17,27,33H,6H2,1-5H3/b28-26+. The van der Waals surface area contributed by atoms with Gasteiger partial charge in [0.1, 0.15) is 23.0 Å². The second kappa shape index (κ2) is 11.2. The van der Waals surface area contributed by atoms with Crippen molar-refractivity contribution in [1.82, 2.24) is 0 Å². The number of halogens is 1. The molecule has 0 saturated carbocycles. The molecular formula is C30H30ClNO6. The number of carbonyl (C=O) groups excluding carboxylic acids is 2. The van der Waals surface area contributed by atoms with Crippen LogP contribution >= 0.6 is 11.6 Å². The van der Waals surface area contributed by atoms with Gasteiger partial charge >= 0.3 is 0 Å². The first-order valence-electron chi connectivity index (χ1n) is 12.3. The molecule has 3 aromatic rings. The van der Waals surface area contributed by atoms with Crippen LogP contribution in [0.1, 0.15) is 49.4 Å². The van der Waals surface area contributed by atoms with E-state index in [0.29, 0.717) is 35.3 Å². The average molecular weight is 536 g/mol. The third kappa shape index (κ3) is 4.94. The SMILES string of the molecule is CCOc1cccc(C2/C(=C(\O)c3cc(Cl)c(OC)cc3OC)C(=O)C(=O)N2c2ccc(C(C)C)cc2)c1. The summed E-state index contributed by atoms with van der Waals surface area (Å²) in [5.74, 6) is -0.533. The van der Waals surface area contributed by atoms with Crippen molar-refractivity contribution >= 4 is 34.7 Å². The van der Waals surface area contributed by atoms with E-state index in [4.69, 9.17) is 25.8 Å². The van der Waals surface area contributed by atoms with E-state index in [9.17, 15) is 14.7 Å². The maximum absolute atomic E-state index is 13.5. The molecule has 0 aliphatic carbocycles. The summed E-state index contributed by atoms with van der Waals surface area (Å²) in [5, 5.41) is 11.8. The number of anilines is 1. The first-order valence-corrected chi connectivity index (χ1v) is 12.6. The number of methoxy groups -OCH3 is 2. The highest BCUT2D eigenvalue weighted by molar-refractivity contribution is 6.51. The van der Waals surface area contributed by atoms with Crippen molar-refractivity contribution in [1.29, 1.82) is 0 Å². The molecule has 1 N–H and O–H groups in total. The van der Waals surface area contributed by atoms with Gasteiger partial charge in [-0.2, -0.15) is 0 Å². The third-order valence-electron chi connectivity index (χ3n) is 6.50. The molecule has 1 aliphatic rings. The monoisotopic (exact) mass is 535 g/mol. The molecule has 0 radical (unpaired) electrons. The fraction of sp³-hybridized carbons (Fsp3) is 0.267. The summed E-state index contributed by atoms with van der Waals surface area (Å²) in [6.07, 6.45) is 0. The Hall–Kier alpha value is -3.97. The molecule has 1 amide bonds. The number of ether oxygens (including phenoxy) is 3. The van der Waals surface area contributed by atoms with E-state index in [2.05, 4.69) is 13.8 Å². The van der Waals surface area contributed by atoms with Gasteiger partial charge in [0.15, 0.2) is 0 Å². The summed E-state index contributed by atoms with van der Waals surface area (Å²) >= 11 is 6.36. The van der Waals surface area contributed by atoms with Crippen molar-refractivity contribution in [3.63, 3.8) is 0 Å². The minimum Gasteiger partial charge on any atom is -0.507 e. The van der Waals surface area contributed by atoms with Crippen molar-refractivity contribution < 1.29 is 28.9 Å². The molecule has 198 valence electrons. The molecule has 0 spiro atoms. The van der Waals surface area contributed by atoms with Crippen LogP contribution in [0.5, 0.6) is 17.2 Å². The van der Waals surface area contributed by atoms with E-state index in [1.807, 2.05) is 31.2 Å². The van der Waals surface area contributed by atoms with Crippen LogP contribution in [0.25, 0.3) is 5.76 Å². The molecule has 0 bridgehead atoms. The van der Waals surface area contributed by atoms with Crippen LogP contribution in [0.15, 0.2) is 66.2 Å². The molecule has 1 fully saturated rings. The predicted molar refractivity (Wildman–Crippen MR) is 147 cm³/mol. The highest BCUT2D eigenvalue weighted by Gasteiger charge is 2.47. The summed E-state index contributed by atoms with van der Waals surface area (Å²) in [6.45, 7) is 6.47. The zero-order chi connectivity index (χ0) is 27.6. The van der Waals surface area contributed by atoms with Gasteiger partial charge in [0.25, 0.3) is 11.7 Å². The van der Waals surface area contributed by atoms with Gasteiger partial charge < -0.3 is 19.3 Å². The fourth-order valence-corrected chi connectivity index (χ4v) is 4.81. The molecule has 1 heterocycles.